The van der Waals surface area contributed by atoms with Gasteiger partial charge in [0.25, 0.3) is 0 Å². The minimum atomic E-state index is 1.10. The van der Waals surface area contributed by atoms with Crippen molar-refractivity contribution in [1.82, 2.24) is 0 Å². The maximum atomic E-state index is 2.37. The molecule has 0 saturated heterocycles. The molecular formula is C40H30N2. The molecule has 7 aromatic carbocycles. The average molecular weight is 539 g/mol. The van der Waals surface area contributed by atoms with Crippen LogP contribution in [-0.2, 0) is 0 Å². The Labute approximate surface area is 247 Å². The molecule has 0 N–H and O–H groups in total. The van der Waals surface area contributed by atoms with Crippen molar-refractivity contribution in [3.05, 3.63) is 182 Å². The highest BCUT2D eigenvalue weighted by Gasteiger charge is 2.19. The minimum absolute atomic E-state index is 1.10. The van der Waals surface area contributed by atoms with E-state index in [2.05, 4.69) is 192 Å². The van der Waals surface area contributed by atoms with Gasteiger partial charge in [-0.2, -0.15) is 0 Å². The molecule has 0 atom stereocenters. The van der Waals surface area contributed by atoms with Crippen LogP contribution in [0.2, 0.25) is 0 Å². The van der Waals surface area contributed by atoms with Gasteiger partial charge in [0.1, 0.15) is 0 Å². The summed E-state index contributed by atoms with van der Waals surface area (Å²) >= 11 is 0. The molecule has 0 spiro atoms. The van der Waals surface area contributed by atoms with Gasteiger partial charge in [0.15, 0.2) is 0 Å². The van der Waals surface area contributed by atoms with Crippen LogP contribution in [-0.4, -0.2) is 0 Å². The molecule has 0 bridgehead atoms. The van der Waals surface area contributed by atoms with Crippen molar-refractivity contribution in [1.29, 1.82) is 0 Å². The Balaban J connectivity index is 1.40. The first-order valence-corrected chi connectivity index (χ1v) is 14.3. The Morgan fingerprint density at radius 1 is 0.286 bits per heavy atom. The van der Waals surface area contributed by atoms with Crippen molar-refractivity contribution in [3.8, 4) is 11.1 Å². The van der Waals surface area contributed by atoms with Gasteiger partial charge in [-0.05, 0) is 89.1 Å². The van der Waals surface area contributed by atoms with Crippen LogP contribution < -0.4 is 9.80 Å². The van der Waals surface area contributed by atoms with Crippen molar-refractivity contribution in [3.63, 3.8) is 0 Å². The van der Waals surface area contributed by atoms with Gasteiger partial charge in [-0.3, -0.25) is 0 Å². The molecule has 0 aliphatic heterocycles. The highest BCUT2D eigenvalue weighted by Crippen LogP contribution is 2.44. The van der Waals surface area contributed by atoms with Gasteiger partial charge >= 0.3 is 0 Å². The third kappa shape index (κ3) is 5.02. The Hall–Kier alpha value is -5.60. The molecule has 0 heterocycles. The number of nitrogens with zero attached hydrogens (tertiary/aromatic N) is 2. The molecule has 7 rings (SSSR count). The molecule has 0 aliphatic rings. The van der Waals surface area contributed by atoms with Crippen LogP contribution in [0.1, 0.15) is 0 Å². The summed E-state index contributed by atoms with van der Waals surface area (Å²) in [6.07, 6.45) is 0. The lowest BCUT2D eigenvalue weighted by Crippen LogP contribution is -2.13. The average Bonchev–Trinajstić information content (AvgIpc) is 3.07. The number of hydrogen-bond acceptors (Lipinski definition) is 2. The molecule has 2 heteroatoms. The summed E-state index contributed by atoms with van der Waals surface area (Å²) in [6, 6.07) is 64.5. The molecule has 0 saturated carbocycles. The lowest BCUT2D eigenvalue weighted by atomic mass is 9.97. The number of para-hydroxylation sites is 3. The quantitative estimate of drug-likeness (QED) is 0.199. The molecule has 0 unspecified atom stereocenters. The van der Waals surface area contributed by atoms with Gasteiger partial charge in [0.2, 0.25) is 0 Å². The predicted octanol–water partition coefficient (Wildman–Crippen LogP) is 11.4. The molecule has 2 nitrogen and oxygen atoms in total. The van der Waals surface area contributed by atoms with E-state index in [1.54, 1.807) is 0 Å². The smallest absolute Gasteiger partial charge is 0.0546 e. The fourth-order valence-electron chi connectivity index (χ4n) is 5.62. The third-order valence-corrected chi connectivity index (χ3v) is 7.60. The van der Waals surface area contributed by atoms with Crippen LogP contribution in [0.25, 0.3) is 21.9 Å². The fourth-order valence-corrected chi connectivity index (χ4v) is 5.62. The van der Waals surface area contributed by atoms with E-state index in [4.69, 9.17) is 0 Å². The first-order valence-electron chi connectivity index (χ1n) is 14.3. The second-order valence-corrected chi connectivity index (χ2v) is 10.3. The highest BCUT2D eigenvalue weighted by atomic mass is 15.2. The lowest BCUT2D eigenvalue weighted by molar-refractivity contribution is 1.26. The molecule has 0 radical (unpaired) electrons. The zero-order valence-corrected chi connectivity index (χ0v) is 23.2. The summed E-state index contributed by atoms with van der Waals surface area (Å²) in [7, 11) is 0. The maximum Gasteiger partial charge on any atom is 0.0546 e. The number of rotatable bonds is 7. The second-order valence-electron chi connectivity index (χ2n) is 10.3. The van der Waals surface area contributed by atoms with Crippen LogP contribution in [0.15, 0.2) is 182 Å². The Bertz CT molecular complexity index is 1860. The highest BCUT2D eigenvalue weighted by molar-refractivity contribution is 5.98. The van der Waals surface area contributed by atoms with Gasteiger partial charge in [0, 0.05) is 34.0 Å². The van der Waals surface area contributed by atoms with Crippen LogP contribution in [0.3, 0.4) is 0 Å². The maximum absolute atomic E-state index is 2.37. The Kier molecular flexibility index (Phi) is 6.94. The predicted molar refractivity (Wildman–Crippen MR) is 179 cm³/mol. The van der Waals surface area contributed by atoms with E-state index in [1.165, 1.54) is 21.9 Å². The second kappa shape index (κ2) is 11.5. The van der Waals surface area contributed by atoms with E-state index in [9.17, 15) is 0 Å². The molecule has 200 valence electrons. The van der Waals surface area contributed by atoms with Crippen LogP contribution in [0, 0.1) is 0 Å². The molecule has 0 amide bonds. The van der Waals surface area contributed by atoms with Gasteiger partial charge in [-0.15, -0.1) is 0 Å². The van der Waals surface area contributed by atoms with E-state index < -0.39 is 0 Å². The van der Waals surface area contributed by atoms with Gasteiger partial charge < -0.3 is 9.80 Å². The van der Waals surface area contributed by atoms with E-state index in [0.717, 1.165) is 34.1 Å². The van der Waals surface area contributed by atoms with E-state index in [1.807, 2.05) is 0 Å². The van der Waals surface area contributed by atoms with Crippen molar-refractivity contribution in [2.24, 2.45) is 0 Å². The number of fused-ring (bicyclic) bond motifs is 1. The van der Waals surface area contributed by atoms with Crippen molar-refractivity contribution in [2.45, 2.75) is 0 Å². The minimum Gasteiger partial charge on any atom is -0.311 e. The zero-order valence-electron chi connectivity index (χ0n) is 23.2. The zero-order chi connectivity index (χ0) is 28.1. The van der Waals surface area contributed by atoms with Crippen molar-refractivity contribution >= 4 is 44.9 Å². The third-order valence-electron chi connectivity index (χ3n) is 7.60. The molecule has 0 aliphatic carbocycles. The molecule has 0 fully saturated rings. The van der Waals surface area contributed by atoms with Gasteiger partial charge in [-0.25, -0.2) is 0 Å². The normalized spacial score (nSPS) is 10.9. The molecule has 7 aromatic rings. The lowest BCUT2D eigenvalue weighted by Gasteiger charge is -2.30. The summed E-state index contributed by atoms with van der Waals surface area (Å²) in [5, 5.41) is 2.44. The van der Waals surface area contributed by atoms with E-state index >= 15 is 0 Å². The summed E-state index contributed by atoms with van der Waals surface area (Å²) in [5.41, 5.74) is 9.08. The van der Waals surface area contributed by atoms with E-state index in [-0.39, 0.29) is 0 Å². The summed E-state index contributed by atoms with van der Waals surface area (Å²) in [6.45, 7) is 0. The standard InChI is InChI=1S/C40H30N2/c1-5-15-31(16-6-1)39-29-32-17-13-14-18-33(32)30-40(39)42(36-23-11-4-12-24-36)38-27-25-37(26-28-38)41(34-19-7-2-8-20-34)35-21-9-3-10-22-35/h1-30H. The first-order chi connectivity index (χ1) is 20.8. The topological polar surface area (TPSA) is 6.48 Å². The SMILES string of the molecule is c1ccc(-c2cc3ccccc3cc2N(c2ccccc2)c2ccc(N(c3ccccc3)c3ccccc3)cc2)cc1. The van der Waals surface area contributed by atoms with Gasteiger partial charge in [0.05, 0.1) is 5.69 Å². The summed E-state index contributed by atoms with van der Waals surface area (Å²) in [5.74, 6) is 0. The first kappa shape index (κ1) is 25.4. The van der Waals surface area contributed by atoms with Gasteiger partial charge in [-0.1, -0.05) is 109 Å². The molecule has 42 heavy (non-hydrogen) atoms. The summed E-state index contributed by atoms with van der Waals surface area (Å²) < 4.78 is 0. The Morgan fingerprint density at radius 2 is 0.643 bits per heavy atom. The Morgan fingerprint density at radius 3 is 1.14 bits per heavy atom. The number of benzene rings is 7. The van der Waals surface area contributed by atoms with Crippen LogP contribution >= 0.6 is 0 Å². The largest absolute Gasteiger partial charge is 0.311 e. The van der Waals surface area contributed by atoms with Crippen LogP contribution in [0.4, 0.5) is 34.1 Å². The number of hydrogen-bond donors (Lipinski definition) is 0. The molecule has 0 aromatic heterocycles. The monoisotopic (exact) mass is 538 g/mol. The summed E-state index contributed by atoms with van der Waals surface area (Å²) in [4.78, 5) is 4.66. The fraction of sp³-hybridized carbons (Fsp3) is 0. The molecular weight excluding hydrogens is 508 g/mol. The number of anilines is 6. The van der Waals surface area contributed by atoms with Crippen LogP contribution in [0.5, 0.6) is 0 Å². The van der Waals surface area contributed by atoms with Crippen molar-refractivity contribution < 1.29 is 0 Å². The van der Waals surface area contributed by atoms with Crippen molar-refractivity contribution in [2.75, 3.05) is 9.80 Å². The van der Waals surface area contributed by atoms with E-state index in [0.29, 0.717) is 0 Å².